The van der Waals surface area contributed by atoms with Crippen LogP contribution >= 0.6 is 0 Å². The van der Waals surface area contributed by atoms with Crippen LogP contribution in [0.25, 0.3) is 11.4 Å². The molecule has 1 saturated heterocycles. The van der Waals surface area contributed by atoms with Gasteiger partial charge in [-0.25, -0.2) is 0 Å². The molecule has 1 aliphatic heterocycles. The molecule has 0 bridgehead atoms. The summed E-state index contributed by atoms with van der Waals surface area (Å²) in [5.74, 6) is 11.1. The Morgan fingerprint density at radius 2 is 1.67 bits per heavy atom. The van der Waals surface area contributed by atoms with Gasteiger partial charge in [-0.05, 0) is 37.3 Å². The smallest absolute Gasteiger partial charge is 0.222 e. The second-order valence-corrected chi connectivity index (χ2v) is 7.70. The SMILES string of the molecule is COC(C#C[C@@]1(O)c2cccnc2-c2ncccc2[C@]1(O)C#CCOC1CCCCO1)OC. The van der Waals surface area contributed by atoms with Crippen molar-refractivity contribution in [2.24, 2.45) is 0 Å². The molecular weight excluding hydrogens is 424 g/mol. The number of aromatic nitrogens is 2. The van der Waals surface area contributed by atoms with Crippen molar-refractivity contribution in [1.29, 1.82) is 0 Å². The Morgan fingerprint density at radius 1 is 1.03 bits per heavy atom. The molecule has 2 N–H and O–H groups in total. The van der Waals surface area contributed by atoms with E-state index >= 15 is 0 Å². The van der Waals surface area contributed by atoms with Crippen LogP contribution in [0.3, 0.4) is 0 Å². The molecule has 33 heavy (non-hydrogen) atoms. The zero-order valence-corrected chi connectivity index (χ0v) is 18.6. The van der Waals surface area contributed by atoms with Gasteiger partial charge in [0.1, 0.15) is 6.61 Å². The van der Waals surface area contributed by atoms with Gasteiger partial charge in [-0.3, -0.25) is 9.97 Å². The minimum absolute atomic E-state index is 0.0186. The van der Waals surface area contributed by atoms with Gasteiger partial charge in [-0.1, -0.05) is 29.9 Å². The van der Waals surface area contributed by atoms with E-state index in [0.717, 1.165) is 19.3 Å². The van der Waals surface area contributed by atoms with Crippen molar-refractivity contribution >= 4 is 0 Å². The van der Waals surface area contributed by atoms with Crippen molar-refractivity contribution in [2.75, 3.05) is 27.4 Å². The largest absolute Gasteiger partial charge is 0.370 e. The van der Waals surface area contributed by atoms with Crippen molar-refractivity contribution < 1.29 is 29.2 Å². The predicted molar refractivity (Wildman–Crippen MR) is 118 cm³/mol. The molecule has 0 saturated carbocycles. The van der Waals surface area contributed by atoms with Crippen molar-refractivity contribution in [3.8, 4) is 35.1 Å². The van der Waals surface area contributed by atoms with Crippen LogP contribution < -0.4 is 0 Å². The molecule has 2 aliphatic rings. The lowest BCUT2D eigenvalue weighted by Gasteiger charge is -2.41. The number of aliphatic hydroxyl groups is 2. The quantitative estimate of drug-likeness (QED) is 0.536. The summed E-state index contributed by atoms with van der Waals surface area (Å²) in [6.07, 6.45) is 4.79. The second kappa shape index (κ2) is 9.98. The van der Waals surface area contributed by atoms with E-state index in [1.165, 1.54) is 14.2 Å². The average Bonchev–Trinajstić information content (AvgIpc) is 2.87. The van der Waals surface area contributed by atoms with Crippen LogP contribution in [-0.4, -0.2) is 60.2 Å². The third-order valence-corrected chi connectivity index (χ3v) is 5.69. The Kier molecular flexibility index (Phi) is 7.06. The van der Waals surface area contributed by atoms with Crippen molar-refractivity contribution in [2.45, 2.75) is 43.0 Å². The van der Waals surface area contributed by atoms with Gasteiger partial charge in [0.2, 0.25) is 6.29 Å². The van der Waals surface area contributed by atoms with Gasteiger partial charge in [-0.2, -0.15) is 0 Å². The molecule has 8 nitrogen and oxygen atoms in total. The maximum absolute atomic E-state index is 11.9. The Labute approximate surface area is 192 Å². The molecule has 2 aromatic heterocycles. The highest BCUT2D eigenvalue weighted by molar-refractivity contribution is 5.73. The van der Waals surface area contributed by atoms with Crippen LogP contribution in [0.2, 0.25) is 0 Å². The lowest BCUT2D eigenvalue weighted by atomic mass is 9.68. The molecule has 8 heteroatoms. The van der Waals surface area contributed by atoms with E-state index in [0.29, 0.717) is 23.6 Å². The van der Waals surface area contributed by atoms with Crippen LogP contribution in [0.15, 0.2) is 36.7 Å². The summed E-state index contributed by atoms with van der Waals surface area (Å²) >= 11 is 0. The van der Waals surface area contributed by atoms with Gasteiger partial charge in [0, 0.05) is 44.3 Å². The Morgan fingerprint density at radius 3 is 2.24 bits per heavy atom. The maximum atomic E-state index is 11.9. The lowest BCUT2D eigenvalue weighted by molar-refractivity contribution is -0.154. The average molecular weight is 450 g/mol. The van der Waals surface area contributed by atoms with Crippen molar-refractivity contribution in [3.63, 3.8) is 0 Å². The number of methoxy groups -OCH3 is 2. The van der Waals surface area contributed by atoms with E-state index in [2.05, 4.69) is 33.6 Å². The van der Waals surface area contributed by atoms with Crippen molar-refractivity contribution in [3.05, 3.63) is 47.8 Å². The monoisotopic (exact) mass is 450 g/mol. The fourth-order valence-corrected chi connectivity index (χ4v) is 4.00. The van der Waals surface area contributed by atoms with Crippen LogP contribution in [0.4, 0.5) is 0 Å². The zero-order valence-electron chi connectivity index (χ0n) is 18.6. The summed E-state index contributed by atoms with van der Waals surface area (Å²) in [5.41, 5.74) is -2.86. The number of hydrogen-bond donors (Lipinski definition) is 2. The first-order valence-corrected chi connectivity index (χ1v) is 10.7. The van der Waals surface area contributed by atoms with E-state index in [4.69, 9.17) is 18.9 Å². The van der Waals surface area contributed by atoms with Gasteiger partial charge >= 0.3 is 0 Å². The molecular formula is C25H26N2O6. The Balaban J connectivity index is 1.79. The lowest BCUT2D eigenvalue weighted by Crippen LogP contribution is -2.51. The van der Waals surface area contributed by atoms with Crippen molar-refractivity contribution in [1.82, 2.24) is 9.97 Å². The molecule has 0 amide bonds. The fraction of sp³-hybridized carbons (Fsp3) is 0.440. The third-order valence-electron chi connectivity index (χ3n) is 5.69. The molecule has 3 atom stereocenters. The number of hydrogen-bond acceptors (Lipinski definition) is 8. The molecule has 172 valence electrons. The number of pyridine rings is 2. The molecule has 1 unspecified atom stereocenters. The van der Waals surface area contributed by atoms with Gasteiger partial charge < -0.3 is 29.2 Å². The molecule has 1 fully saturated rings. The standard InChI is InChI=1S/C25H26N2O6/c1-30-20(31-2)11-13-25(29)19-9-6-15-27-23(19)22-18(8-5-14-26-22)24(25,28)12-7-17-33-21-10-3-4-16-32-21/h5-6,8-9,14-15,20-21,28-29H,3-4,10,16-17H2,1-2H3/t21?,24-,25-/m1/s1. The van der Waals surface area contributed by atoms with E-state index in [1.807, 2.05) is 0 Å². The van der Waals surface area contributed by atoms with E-state index in [9.17, 15) is 10.2 Å². The molecule has 3 heterocycles. The van der Waals surface area contributed by atoms with Crippen LogP contribution in [-0.2, 0) is 30.1 Å². The molecule has 4 rings (SSSR count). The topological polar surface area (TPSA) is 103 Å². The molecule has 0 radical (unpaired) electrons. The Bertz CT molecular complexity index is 1110. The molecule has 0 aromatic carbocycles. The summed E-state index contributed by atoms with van der Waals surface area (Å²) in [4.78, 5) is 8.79. The zero-order chi connectivity index (χ0) is 23.3. The molecule has 1 aliphatic carbocycles. The summed E-state index contributed by atoms with van der Waals surface area (Å²) in [5, 5.41) is 23.8. The van der Waals surface area contributed by atoms with Gasteiger partial charge in [-0.15, -0.1) is 0 Å². The third kappa shape index (κ3) is 4.38. The van der Waals surface area contributed by atoms with Gasteiger partial charge in [0.05, 0.1) is 11.4 Å². The highest BCUT2D eigenvalue weighted by Crippen LogP contribution is 2.49. The fourth-order valence-electron chi connectivity index (χ4n) is 4.00. The van der Waals surface area contributed by atoms with Crippen LogP contribution in [0.1, 0.15) is 30.4 Å². The van der Waals surface area contributed by atoms with E-state index in [-0.39, 0.29) is 18.5 Å². The summed E-state index contributed by atoms with van der Waals surface area (Å²) in [7, 11) is 2.86. The number of fused-ring (bicyclic) bond motifs is 3. The summed E-state index contributed by atoms with van der Waals surface area (Å²) in [6.45, 7) is 0.672. The second-order valence-electron chi connectivity index (χ2n) is 7.70. The first kappa shape index (κ1) is 23.3. The van der Waals surface area contributed by atoms with E-state index in [1.54, 1.807) is 36.7 Å². The van der Waals surface area contributed by atoms with Crippen LogP contribution in [0.5, 0.6) is 0 Å². The summed E-state index contributed by atoms with van der Waals surface area (Å²) < 4.78 is 21.5. The predicted octanol–water partition coefficient (Wildman–Crippen LogP) is 1.70. The van der Waals surface area contributed by atoms with E-state index < -0.39 is 17.5 Å². The summed E-state index contributed by atoms with van der Waals surface area (Å²) in [6, 6.07) is 6.60. The molecule has 2 aromatic rings. The molecule has 0 spiro atoms. The Hall–Kier alpha value is -2.82. The normalized spacial score (nSPS) is 25.8. The number of ether oxygens (including phenoxy) is 4. The van der Waals surface area contributed by atoms with Gasteiger partial charge in [0.15, 0.2) is 17.5 Å². The number of nitrogens with zero attached hydrogens (tertiary/aromatic N) is 2. The van der Waals surface area contributed by atoms with Gasteiger partial charge in [0.25, 0.3) is 0 Å². The highest BCUT2D eigenvalue weighted by Gasteiger charge is 2.56. The van der Waals surface area contributed by atoms with Crippen LogP contribution in [0, 0.1) is 23.7 Å². The minimum atomic E-state index is -2.14. The first-order valence-electron chi connectivity index (χ1n) is 10.7. The number of rotatable bonds is 4. The minimum Gasteiger partial charge on any atom is -0.370 e. The maximum Gasteiger partial charge on any atom is 0.222 e. The highest BCUT2D eigenvalue weighted by atomic mass is 16.7. The first-order chi connectivity index (χ1) is 16.0.